The van der Waals surface area contributed by atoms with Gasteiger partial charge in [-0.25, -0.2) is 4.79 Å². The third-order valence-corrected chi connectivity index (χ3v) is 4.43. The van der Waals surface area contributed by atoms with E-state index in [0.29, 0.717) is 32.2 Å². The van der Waals surface area contributed by atoms with E-state index in [9.17, 15) is 4.79 Å². The molecular weight excluding hydrogens is 330 g/mol. The average Bonchev–Trinajstić information content (AvgIpc) is 2.63. The largest absolute Gasteiger partial charge is 0.450 e. The number of aliphatic imine (C=N–C) groups is 1. The minimum atomic E-state index is -0.228. The van der Waals surface area contributed by atoms with Gasteiger partial charge >= 0.3 is 6.09 Å². The molecule has 0 atom stereocenters. The monoisotopic (exact) mass is 361 g/mol. The van der Waals surface area contributed by atoms with Crippen molar-refractivity contribution >= 4 is 12.1 Å². The van der Waals surface area contributed by atoms with Gasteiger partial charge in [-0.2, -0.15) is 0 Å². The van der Waals surface area contributed by atoms with Crippen LogP contribution in [0.3, 0.4) is 0 Å². The number of hydrogen-bond acceptors (Lipinski definition) is 4. The number of carbonyl (C=O) groups excluding carboxylic acids is 1. The molecule has 1 aliphatic heterocycles. The Kier molecular flexibility index (Phi) is 8.21. The predicted octanol–water partition coefficient (Wildman–Crippen LogP) is 1.64. The summed E-state index contributed by atoms with van der Waals surface area (Å²) in [7, 11) is 2.08. The summed E-state index contributed by atoms with van der Waals surface area (Å²) in [6.45, 7) is 6.00. The smallest absolute Gasteiger partial charge is 0.409 e. The van der Waals surface area contributed by atoms with Crippen molar-refractivity contribution in [1.82, 2.24) is 15.1 Å². The summed E-state index contributed by atoms with van der Waals surface area (Å²) in [5, 5.41) is 3.26. The number of nitrogens with zero attached hydrogens (tertiary/aromatic N) is 3. The maximum absolute atomic E-state index is 11.7. The fourth-order valence-corrected chi connectivity index (χ4v) is 2.99. The van der Waals surface area contributed by atoms with Crippen LogP contribution in [0, 0.1) is 0 Å². The van der Waals surface area contributed by atoms with E-state index in [1.807, 2.05) is 13.0 Å². The molecule has 26 heavy (non-hydrogen) atoms. The first-order valence-corrected chi connectivity index (χ1v) is 9.29. The van der Waals surface area contributed by atoms with Gasteiger partial charge in [-0.3, -0.25) is 4.99 Å². The molecule has 7 nitrogen and oxygen atoms in total. The molecule has 0 unspecified atom stereocenters. The summed E-state index contributed by atoms with van der Waals surface area (Å²) in [4.78, 5) is 20.1. The van der Waals surface area contributed by atoms with Gasteiger partial charge in [0, 0.05) is 32.2 Å². The van der Waals surface area contributed by atoms with Gasteiger partial charge in [0.05, 0.1) is 13.2 Å². The van der Waals surface area contributed by atoms with Gasteiger partial charge in [-0.05, 0) is 32.4 Å². The Bertz CT molecular complexity index is 571. The first kappa shape index (κ1) is 20.0. The third kappa shape index (κ3) is 6.92. The molecule has 1 aromatic carbocycles. The first-order valence-electron chi connectivity index (χ1n) is 9.29. The number of amides is 1. The lowest BCUT2D eigenvalue weighted by molar-refractivity contribution is 0.0963. The molecule has 1 saturated heterocycles. The first-order chi connectivity index (χ1) is 12.6. The number of carbonyl (C=O) groups is 1. The van der Waals surface area contributed by atoms with E-state index in [-0.39, 0.29) is 12.1 Å². The van der Waals surface area contributed by atoms with E-state index in [2.05, 4.69) is 46.5 Å². The van der Waals surface area contributed by atoms with Gasteiger partial charge in [-0.15, -0.1) is 0 Å². The van der Waals surface area contributed by atoms with Gasteiger partial charge < -0.3 is 25.6 Å². The van der Waals surface area contributed by atoms with Crippen molar-refractivity contribution in [2.45, 2.75) is 32.4 Å². The van der Waals surface area contributed by atoms with Crippen LogP contribution < -0.4 is 11.1 Å². The molecule has 1 aliphatic rings. The van der Waals surface area contributed by atoms with E-state index in [1.54, 1.807) is 4.90 Å². The fourth-order valence-electron chi connectivity index (χ4n) is 2.99. The topological polar surface area (TPSA) is 83.2 Å². The maximum Gasteiger partial charge on any atom is 0.409 e. The fraction of sp³-hybridized carbons (Fsp3) is 0.579. The quantitative estimate of drug-likeness (QED) is 0.570. The summed E-state index contributed by atoms with van der Waals surface area (Å²) in [5.41, 5.74) is 7.29. The highest BCUT2D eigenvalue weighted by Gasteiger charge is 2.23. The van der Waals surface area contributed by atoms with Crippen molar-refractivity contribution < 1.29 is 9.53 Å². The molecule has 0 aliphatic carbocycles. The van der Waals surface area contributed by atoms with E-state index in [0.717, 1.165) is 25.9 Å². The lowest BCUT2D eigenvalue weighted by Crippen LogP contribution is -2.48. The zero-order valence-electron chi connectivity index (χ0n) is 15.9. The number of benzene rings is 1. The summed E-state index contributed by atoms with van der Waals surface area (Å²) in [6, 6.07) is 10.6. The van der Waals surface area contributed by atoms with Crippen LogP contribution in [-0.4, -0.2) is 67.7 Å². The molecular formula is C19H31N5O2. The molecule has 1 fully saturated rings. The predicted molar refractivity (Wildman–Crippen MR) is 104 cm³/mol. The highest BCUT2D eigenvalue weighted by atomic mass is 16.6. The standard InChI is InChI=1S/C19H31N5O2/c1-3-26-19(25)24-12-9-17(10-13-24)22-18(20)21-11-14-23(2)15-16-7-5-4-6-8-16/h4-8,17H,3,9-15H2,1-2H3,(H3,20,21,22). The number of nitrogens with two attached hydrogens (primary N) is 1. The molecule has 1 amide bonds. The highest BCUT2D eigenvalue weighted by molar-refractivity contribution is 5.78. The van der Waals surface area contributed by atoms with Crippen molar-refractivity contribution in [3.63, 3.8) is 0 Å². The minimum Gasteiger partial charge on any atom is -0.450 e. The van der Waals surface area contributed by atoms with Crippen LogP contribution >= 0.6 is 0 Å². The van der Waals surface area contributed by atoms with E-state index in [4.69, 9.17) is 10.5 Å². The number of piperidine rings is 1. The molecule has 3 N–H and O–H groups in total. The van der Waals surface area contributed by atoms with Crippen LogP contribution in [0.15, 0.2) is 35.3 Å². The van der Waals surface area contributed by atoms with Crippen molar-refractivity contribution in [1.29, 1.82) is 0 Å². The summed E-state index contributed by atoms with van der Waals surface area (Å²) in [5.74, 6) is 0.479. The zero-order chi connectivity index (χ0) is 18.8. The highest BCUT2D eigenvalue weighted by Crippen LogP contribution is 2.11. The van der Waals surface area contributed by atoms with Crippen molar-refractivity contribution in [2.75, 3.05) is 39.8 Å². The Labute approximate surface area is 156 Å². The van der Waals surface area contributed by atoms with Gasteiger partial charge in [0.25, 0.3) is 0 Å². The Hall–Kier alpha value is -2.28. The molecule has 144 valence electrons. The van der Waals surface area contributed by atoms with Crippen LogP contribution in [0.4, 0.5) is 4.79 Å². The number of likely N-dealkylation sites (tertiary alicyclic amines) is 1. The number of guanidine groups is 1. The molecule has 2 rings (SSSR count). The summed E-state index contributed by atoms with van der Waals surface area (Å²) < 4.78 is 5.03. The Morgan fingerprint density at radius 2 is 2.04 bits per heavy atom. The lowest BCUT2D eigenvalue weighted by atomic mass is 10.1. The van der Waals surface area contributed by atoms with Crippen LogP contribution in [0.5, 0.6) is 0 Å². The number of hydrogen-bond donors (Lipinski definition) is 2. The Balaban J connectivity index is 1.65. The van der Waals surface area contributed by atoms with E-state index < -0.39 is 0 Å². The molecule has 7 heteroatoms. The molecule has 0 saturated carbocycles. The molecule has 1 aromatic rings. The van der Waals surface area contributed by atoms with Crippen molar-refractivity contribution in [3.8, 4) is 0 Å². The zero-order valence-corrected chi connectivity index (χ0v) is 15.9. The molecule has 0 bridgehead atoms. The number of nitrogens with one attached hydrogen (secondary N) is 1. The number of rotatable bonds is 7. The Morgan fingerprint density at radius 3 is 2.69 bits per heavy atom. The van der Waals surface area contributed by atoms with Gasteiger partial charge in [0.2, 0.25) is 0 Å². The average molecular weight is 361 g/mol. The van der Waals surface area contributed by atoms with Crippen LogP contribution in [-0.2, 0) is 11.3 Å². The molecule has 0 spiro atoms. The summed E-state index contributed by atoms with van der Waals surface area (Å²) >= 11 is 0. The molecule has 0 radical (unpaired) electrons. The number of likely N-dealkylation sites (N-methyl/N-ethyl adjacent to an activating group) is 1. The second-order valence-corrected chi connectivity index (χ2v) is 6.59. The van der Waals surface area contributed by atoms with Crippen LogP contribution in [0.1, 0.15) is 25.3 Å². The van der Waals surface area contributed by atoms with Gasteiger partial charge in [-0.1, -0.05) is 30.3 Å². The normalized spacial score (nSPS) is 16.0. The van der Waals surface area contributed by atoms with Crippen LogP contribution in [0.2, 0.25) is 0 Å². The Morgan fingerprint density at radius 1 is 1.35 bits per heavy atom. The van der Waals surface area contributed by atoms with Gasteiger partial charge in [0.15, 0.2) is 5.96 Å². The second-order valence-electron chi connectivity index (χ2n) is 6.59. The van der Waals surface area contributed by atoms with Crippen molar-refractivity contribution in [3.05, 3.63) is 35.9 Å². The third-order valence-electron chi connectivity index (χ3n) is 4.43. The SMILES string of the molecule is CCOC(=O)N1CCC(NC(N)=NCCN(C)Cc2ccccc2)CC1. The van der Waals surface area contributed by atoms with Crippen molar-refractivity contribution in [2.24, 2.45) is 10.7 Å². The molecule has 1 heterocycles. The van der Waals surface area contributed by atoms with Crippen LogP contribution in [0.25, 0.3) is 0 Å². The second kappa shape index (κ2) is 10.7. The number of ether oxygens (including phenoxy) is 1. The molecule has 0 aromatic heterocycles. The van der Waals surface area contributed by atoms with E-state index >= 15 is 0 Å². The summed E-state index contributed by atoms with van der Waals surface area (Å²) in [6.07, 6.45) is 1.47. The van der Waals surface area contributed by atoms with Gasteiger partial charge in [0.1, 0.15) is 0 Å². The van der Waals surface area contributed by atoms with E-state index in [1.165, 1.54) is 5.56 Å². The lowest BCUT2D eigenvalue weighted by Gasteiger charge is -2.31. The maximum atomic E-state index is 11.7. The minimum absolute atomic E-state index is 0.228.